The topological polar surface area (TPSA) is 61.8 Å². The highest BCUT2D eigenvalue weighted by Crippen LogP contribution is 2.41. The molecule has 36 heavy (non-hydrogen) atoms. The van der Waals surface area contributed by atoms with Crippen LogP contribution in [0, 0.1) is 11.8 Å². The lowest BCUT2D eigenvalue weighted by Gasteiger charge is -2.21. The Bertz CT molecular complexity index is 916. The molecular formula is C26H33F4O5P. The third kappa shape index (κ3) is 10.0. The zero-order chi connectivity index (χ0) is 26.7. The lowest BCUT2D eigenvalue weighted by Crippen LogP contribution is -2.20. The van der Waals surface area contributed by atoms with Gasteiger partial charge in [-0.15, -0.1) is 0 Å². The number of hydrogen-bond acceptors (Lipinski definition) is 5. The van der Waals surface area contributed by atoms with Gasteiger partial charge in [-0.2, -0.15) is 13.2 Å². The predicted octanol–water partition coefficient (Wildman–Crippen LogP) is 6.43. The van der Waals surface area contributed by atoms with Crippen LogP contribution in [0.1, 0.15) is 51.5 Å². The molecule has 3 unspecified atom stereocenters. The number of halogens is 4. The van der Waals surface area contributed by atoms with E-state index in [1.807, 2.05) is 12.2 Å². The van der Waals surface area contributed by atoms with Crippen molar-refractivity contribution in [2.45, 2.75) is 70.5 Å². The van der Waals surface area contributed by atoms with Crippen LogP contribution in [0.5, 0.6) is 5.75 Å². The fraction of sp³-hybridized carbons (Fsp3) is 0.538. The lowest BCUT2D eigenvalue weighted by atomic mass is 9.89. The molecule has 1 aliphatic carbocycles. The van der Waals surface area contributed by atoms with Crippen LogP contribution in [-0.4, -0.2) is 36.7 Å². The second kappa shape index (κ2) is 14.5. The Balaban J connectivity index is 1.87. The molecule has 2 rings (SSSR count). The second-order valence-electron chi connectivity index (χ2n) is 8.93. The summed E-state index contributed by atoms with van der Waals surface area (Å²) in [7, 11) is 2.17. The number of carbonyl (C=O) groups is 2. The van der Waals surface area contributed by atoms with Crippen molar-refractivity contribution in [2.75, 3.05) is 6.61 Å². The van der Waals surface area contributed by atoms with Crippen LogP contribution in [0.15, 0.2) is 48.6 Å². The molecule has 0 radical (unpaired) electrons. The molecule has 0 N–H and O–H groups in total. The monoisotopic (exact) mass is 532 g/mol. The summed E-state index contributed by atoms with van der Waals surface area (Å²) >= 11 is 0. The molecule has 200 valence electrons. The first kappa shape index (κ1) is 30.0. The van der Waals surface area contributed by atoms with E-state index < -0.39 is 36.2 Å². The Kier molecular flexibility index (Phi) is 12.1. The molecule has 0 aromatic heterocycles. The average Bonchev–Trinajstić information content (AvgIpc) is 3.11. The molecule has 0 aliphatic heterocycles. The molecule has 5 nitrogen and oxygen atoms in total. The third-order valence-electron chi connectivity index (χ3n) is 5.78. The van der Waals surface area contributed by atoms with Gasteiger partial charge in [0.05, 0.1) is 17.8 Å². The van der Waals surface area contributed by atoms with Crippen LogP contribution in [0.2, 0.25) is 0 Å². The Hall–Kier alpha value is -2.25. The molecule has 1 saturated carbocycles. The van der Waals surface area contributed by atoms with E-state index in [4.69, 9.17) is 14.0 Å². The Morgan fingerprint density at radius 3 is 2.58 bits per heavy atom. The number of carbonyl (C=O) groups excluding carboxylic acids is 2. The summed E-state index contributed by atoms with van der Waals surface area (Å²) in [6.07, 6.45) is 2.68. The van der Waals surface area contributed by atoms with Crippen molar-refractivity contribution < 1.29 is 41.1 Å². The molecule has 0 saturated heterocycles. The predicted molar refractivity (Wildman–Crippen MR) is 131 cm³/mol. The summed E-state index contributed by atoms with van der Waals surface area (Å²) in [5.41, 5.74) is -0.870. The van der Waals surface area contributed by atoms with Gasteiger partial charge in [-0.3, -0.25) is 9.59 Å². The van der Waals surface area contributed by atoms with E-state index >= 15 is 0 Å². The van der Waals surface area contributed by atoms with Gasteiger partial charge >= 0.3 is 12.1 Å². The molecule has 5 atom stereocenters. The van der Waals surface area contributed by atoms with Gasteiger partial charge in [-0.1, -0.05) is 24.3 Å². The quantitative estimate of drug-likeness (QED) is 0.0964. The van der Waals surface area contributed by atoms with Gasteiger partial charge < -0.3 is 14.0 Å². The molecule has 0 heterocycles. The minimum Gasteiger partial charge on any atom is -0.485 e. The van der Waals surface area contributed by atoms with E-state index in [1.54, 1.807) is 13.8 Å². The van der Waals surface area contributed by atoms with Gasteiger partial charge in [-0.05, 0) is 63.3 Å². The number of hydrogen-bond donors (Lipinski definition) is 0. The second-order valence-corrected chi connectivity index (χ2v) is 9.21. The minimum absolute atomic E-state index is 0.0746. The van der Waals surface area contributed by atoms with Crippen molar-refractivity contribution in [1.29, 1.82) is 0 Å². The zero-order valence-corrected chi connectivity index (χ0v) is 21.5. The van der Waals surface area contributed by atoms with E-state index in [2.05, 4.69) is 9.47 Å². The largest absolute Gasteiger partial charge is 0.485 e. The summed E-state index contributed by atoms with van der Waals surface area (Å²) in [4.78, 5) is 23.8. The maximum atomic E-state index is 14.7. The summed E-state index contributed by atoms with van der Waals surface area (Å²) in [5, 5.41) is 0. The SMILES string of the molecule is CC(C)OC(=O)CC/C=C\CC[C@H]1C(OP)CC(F)[C@@H]1/C=C/C(=O)COc1cccc(C(F)(F)F)c1. The van der Waals surface area contributed by atoms with Crippen molar-refractivity contribution >= 4 is 21.2 Å². The average molecular weight is 533 g/mol. The Morgan fingerprint density at radius 2 is 1.92 bits per heavy atom. The number of alkyl halides is 4. The first-order valence-corrected chi connectivity index (χ1v) is 12.3. The maximum absolute atomic E-state index is 14.7. The van der Waals surface area contributed by atoms with Crippen molar-refractivity contribution in [3.63, 3.8) is 0 Å². The molecule has 0 spiro atoms. The van der Waals surface area contributed by atoms with E-state index in [1.165, 1.54) is 24.3 Å². The van der Waals surface area contributed by atoms with Crippen molar-refractivity contribution in [3.05, 3.63) is 54.1 Å². The van der Waals surface area contributed by atoms with E-state index in [9.17, 15) is 27.2 Å². The summed E-state index contributed by atoms with van der Waals surface area (Å²) < 4.78 is 68.8. The van der Waals surface area contributed by atoms with Gasteiger partial charge in [-0.25, -0.2) is 4.39 Å². The number of ether oxygens (including phenoxy) is 2. The third-order valence-corrected chi connectivity index (χ3v) is 6.13. The summed E-state index contributed by atoms with van der Waals surface area (Å²) in [6.45, 7) is 3.12. The fourth-order valence-electron chi connectivity index (χ4n) is 4.10. The first-order valence-electron chi connectivity index (χ1n) is 11.9. The maximum Gasteiger partial charge on any atom is 0.416 e. The lowest BCUT2D eigenvalue weighted by molar-refractivity contribution is -0.147. The van der Waals surface area contributed by atoms with Gasteiger partial charge in [0, 0.05) is 28.2 Å². The zero-order valence-electron chi connectivity index (χ0n) is 20.4. The molecule has 1 aromatic rings. The van der Waals surface area contributed by atoms with Crippen molar-refractivity contribution in [2.24, 2.45) is 11.8 Å². The first-order chi connectivity index (χ1) is 17.0. The highest BCUT2D eigenvalue weighted by atomic mass is 31.0. The van der Waals surface area contributed by atoms with Gasteiger partial charge in [0.2, 0.25) is 0 Å². The highest BCUT2D eigenvalue weighted by molar-refractivity contribution is 7.09. The van der Waals surface area contributed by atoms with Crippen LogP contribution in [0.3, 0.4) is 0 Å². The number of ketones is 1. The Morgan fingerprint density at radius 1 is 1.19 bits per heavy atom. The van der Waals surface area contributed by atoms with Crippen LogP contribution in [-0.2, 0) is 25.0 Å². The minimum atomic E-state index is -4.51. The number of allylic oxidation sites excluding steroid dienone is 3. The normalized spacial score (nSPS) is 22.6. The van der Waals surface area contributed by atoms with Gasteiger partial charge in [0.25, 0.3) is 0 Å². The van der Waals surface area contributed by atoms with Crippen molar-refractivity contribution in [3.8, 4) is 5.75 Å². The molecular weight excluding hydrogens is 499 g/mol. The summed E-state index contributed by atoms with van der Waals surface area (Å²) in [5.74, 6) is -1.52. The van der Waals surface area contributed by atoms with Gasteiger partial charge in [0.1, 0.15) is 11.9 Å². The molecule has 1 aromatic carbocycles. The number of benzene rings is 1. The Labute approximate surface area is 211 Å². The van der Waals surface area contributed by atoms with E-state index in [-0.39, 0.29) is 42.7 Å². The van der Waals surface area contributed by atoms with E-state index in [0.29, 0.717) is 19.3 Å². The molecule has 0 bridgehead atoms. The standard InChI is InChI=1S/C26H33F4O5P/c1-17(2)34-25(32)11-6-4-3-5-10-22-21(23(27)15-24(22)35-36)13-12-19(31)16-33-20-9-7-8-18(14-20)26(28,29)30/h3-4,7-9,12-14,17,21-24H,5-6,10-11,15-16,36H2,1-2H3/b4-3-,13-12+/t21-,22-,23?,24?/m1/s1. The van der Waals surface area contributed by atoms with Crippen LogP contribution >= 0.6 is 9.47 Å². The van der Waals surface area contributed by atoms with Crippen molar-refractivity contribution in [1.82, 2.24) is 0 Å². The van der Waals surface area contributed by atoms with Gasteiger partial charge in [0.15, 0.2) is 12.4 Å². The van der Waals surface area contributed by atoms with Crippen LogP contribution < -0.4 is 4.74 Å². The van der Waals surface area contributed by atoms with E-state index in [0.717, 1.165) is 12.1 Å². The highest BCUT2D eigenvalue weighted by Gasteiger charge is 2.42. The number of rotatable bonds is 13. The molecule has 10 heteroatoms. The van der Waals surface area contributed by atoms with Crippen LogP contribution in [0.25, 0.3) is 0 Å². The smallest absolute Gasteiger partial charge is 0.416 e. The number of esters is 1. The fourth-order valence-corrected chi connectivity index (χ4v) is 4.41. The molecule has 1 fully saturated rings. The molecule has 1 aliphatic rings. The summed E-state index contributed by atoms with van der Waals surface area (Å²) in [6, 6.07) is 4.27. The molecule has 0 amide bonds. The van der Waals surface area contributed by atoms with Crippen LogP contribution in [0.4, 0.5) is 17.6 Å².